The van der Waals surface area contributed by atoms with Gasteiger partial charge in [0.15, 0.2) is 0 Å². The van der Waals surface area contributed by atoms with Crippen LogP contribution in [0, 0.1) is 0 Å². The van der Waals surface area contributed by atoms with Gasteiger partial charge in [0.1, 0.15) is 0 Å². The van der Waals surface area contributed by atoms with Gasteiger partial charge in [-0.1, -0.05) is 19.1 Å². The first-order valence-electron chi connectivity index (χ1n) is 4.60. The average molecular weight is 204 g/mol. The van der Waals surface area contributed by atoms with E-state index < -0.39 is 0 Å². The van der Waals surface area contributed by atoms with E-state index in [4.69, 9.17) is 5.73 Å². The summed E-state index contributed by atoms with van der Waals surface area (Å²) < 4.78 is 0. The van der Waals surface area contributed by atoms with Crippen molar-refractivity contribution in [3.63, 3.8) is 0 Å². The van der Waals surface area contributed by atoms with Crippen molar-refractivity contribution in [1.82, 2.24) is 4.98 Å². The summed E-state index contributed by atoms with van der Waals surface area (Å²) in [6, 6.07) is 7.81. The Morgan fingerprint density at radius 2 is 2.00 bits per heavy atom. The fourth-order valence-corrected chi connectivity index (χ4v) is 2.01. The Bertz CT molecular complexity index is 417. The van der Waals surface area contributed by atoms with Gasteiger partial charge in [-0.2, -0.15) is 0 Å². The molecule has 0 bridgehead atoms. The standard InChI is InChI=1S/C11H12N2S/c1-2-11-13-10(7-14-11)8-3-5-9(12)6-4-8/h3-7H,2,12H2,1H3. The zero-order chi connectivity index (χ0) is 9.97. The number of nitrogens with two attached hydrogens (primary N) is 1. The molecule has 0 saturated heterocycles. The van der Waals surface area contributed by atoms with Crippen LogP contribution in [-0.4, -0.2) is 4.98 Å². The van der Waals surface area contributed by atoms with Crippen LogP contribution in [0.2, 0.25) is 0 Å². The van der Waals surface area contributed by atoms with E-state index in [1.807, 2.05) is 24.3 Å². The summed E-state index contributed by atoms with van der Waals surface area (Å²) in [4.78, 5) is 4.51. The Morgan fingerprint density at radius 3 is 2.57 bits per heavy atom. The third-order valence-corrected chi connectivity index (χ3v) is 3.05. The molecule has 0 aliphatic rings. The highest BCUT2D eigenvalue weighted by atomic mass is 32.1. The molecule has 1 aromatic carbocycles. The van der Waals surface area contributed by atoms with E-state index in [-0.39, 0.29) is 0 Å². The van der Waals surface area contributed by atoms with Crippen LogP contribution in [0.25, 0.3) is 11.3 Å². The molecule has 0 saturated carbocycles. The molecule has 2 N–H and O–H groups in total. The van der Waals surface area contributed by atoms with Crippen molar-refractivity contribution in [2.45, 2.75) is 13.3 Å². The van der Waals surface area contributed by atoms with Crippen molar-refractivity contribution in [1.29, 1.82) is 0 Å². The lowest BCUT2D eigenvalue weighted by Crippen LogP contribution is -1.84. The molecule has 0 aliphatic carbocycles. The number of hydrogen-bond donors (Lipinski definition) is 1. The molecule has 2 rings (SSSR count). The minimum atomic E-state index is 0.791. The number of nitrogens with zero attached hydrogens (tertiary/aromatic N) is 1. The normalized spacial score (nSPS) is 10.4. The van der Waals surface area contributed by atoms with E-state index in [9.17, 15) is 0 Å². The monoisotopic (exact) mass is 204 g/mol. The number of nitrogen functional groups attached to an aromatic ring is 1. The highest BCUT2D eigenvalue weighted by molar-refractivity contribution is 7.09. The van der Waals surface area contributed by atoms with Crippen LogP contribution < -0.4 is 5.73 Å². The molecule has 72 valence electrons. The Hall–Kier alpha value is -1.35. The molecule has 3 heteroatoms. The van der Waals surface area contributed by atoms with Crippen molar-refractivity contribution in [2.24, 2.45) is 0 Å². The summed E-state index contributed by atoms with van der Waals surface area (Å²) in [5.74, 6) is 0. The topological polar surface area (TPSA) is 38.9 Å². The fraction of sp³-hybridized carbons (Fsp3) is 0.182. The summed E-state index contributed by atoms with van der Waals surface area (Å²) in [5.41, 5.74) is 8.59. The lowest BCUT2D eigenvalue weighted by Gasteiger charge is -1.96. The highest BCUT2D eigenvalue weighted by Crippen LogP contribution is 2.22. The van der Waals surface area contributed by atoms with Gasteiger partial charge in [-0.05, 0) is 18.6 Å². The molecule has 1 heterocycles. The van der Waals surface area contributed by atoms with Gasteiger partial charge in [-0.15, -0.1) is 11.3 Å². The van der Waals surface area contributed by atoms with Gasteiger partial charge in [-0.3, -0.25) is 0 Å². The maximum Gasteiger partial charge on any atom is 0.0929 e. The number of rotatable bonds is 2. The quantitative estimate of drug-likeness (QED) is 0.764. The average Bonchev–Trinajstić information content (AvgIpc) is 2.67. The van der Waals surface area contributed by atoms with Crippen LogP contribution in [-0.2, 0) is 6.42 Å². The van der Waals surface area contributed by atoms with Crippen LogP contribution >= 0.6 is 11.3 Å². The number of anilines is 1. The van der Waals surface area contributed by atoms with Crippen LogP contribution in [0.3, 0.4) is 0 Å². The number of benzene rings is 1. The van der Waals surface area contributed by atoms with Crippen molar-refractivity contribution < 1.29 is 0 Å². The number of hydrogen-bond acceptors (Lipinski definition) is 3. The number of aromatic nitrogens is 1. The van der Waals surface area contributed by atoms with E-state index in [0.717, 1.165) is 23.4 Å². The van der Waals surface area contributed by atoms with E-state index in [2.05, 4.69) is 17.3 Å². The number of thiazole rings is 1. The van der Waals surface area contributed by atoms with Crippen molar-refractivity contribution in [3.8, 4) is 11.3 Å². The molecular weight excluding hydrogens is 192 g/mol. The maximum atomic E-state index is 5.62. The van der Waals surface area contributed by atoms with Gasteiger partial charge in [0.2, 0.25) is 0 Å². The third-order valence-electron chi connectivity index (χ3n) is 2.06. The molecule has 0 spiro atoms. The fourth-order valence-electron chi connectivity index (χ4n) is 1.26. The summed E-state index contributed by atoms with van der Waals surface area (Å²) in [6.07, 6.45) is 1.000. The van der Waals surface area contributed by atoms with E-state index in [0.29, 0.717) is 0 Å². The Labute approximate surface area is 87.4 Å². The Balaban J connectivity index is 2.34. The molecule has 14 heavy (non-hydrogen) atoms. The summed E-state index contributed by atoms with van der Waals surface area (Å²) in [5, 5.41) is 3.27. The smallest absolute Gasteiger partial charge is 0.0929 e. The van der Waals surface area contributed by atoms with Crippen LogP contribution in [0.5, 0.6) is 0 Å². The van der Waals surface area contributed by atoms with Gasteiger partial charge in [0.25, 0.3) is 0 Å². The molecule has 0 atom stereocenters. The largest absolute Gasteiger partial charge is 0.399 e. The van der Waals surface area contributed by atoms with Gasteiger partial charge in [0, 0.05) is 16.6 Å². The van der Waals surface area contributed by atoms with E-state index in [1.165, 1.54) is 5.01 Å². The Kier molecular flexibility index (Phi) is 2.50. The highest BCUT2D eigenvalue weighted by Gasteiger charge is 2.02. The molecule has 2 aromatic rings. The third kappa shape index (κ3) is 1.77. The summed E-state index contributed by atoms with van der Waals surface area (Å²) in [7, 11) is 0. The lowest BCUT2D eigenvalue weighted by atomic mass is 10.1. The molecule has 0 unspecified atom stereocenters. The maximum absolute atomic E-state index is 5.62. The predicted molar refractivity (Wildman–Crippen MR) is 61.3 cm³/mol. The first-order valence-corrected chi connectivity index (χ1v) is 5.48. The van der Waals surface area contributed by atoms with Gasteiger partial charge in [-0.25, -0.2) is 4.98 Å². The SMILES string of the molecule is CCc1nc(-c2ccc(N)cc2)cs1. The second kappa shape index (κ2) is 3.80. The van der Waals surface area contributed by atoms with Crippen LogP contribution in [0.4, 0.5) is 5.69 Å². The van der Waals surface area contributed by atoms with Crippen molar-refractivity contribution in [2.75, 3.05) is 5.73 Å². The zero-order valence-electron chi connectivity index (χ0n) is 8.03. The van der Waals surface area contributed by atoms with Gasteiger partial charge >= 0.3 is 0 Å². The van der Waals surface area contributed by atoms with Crippen molar-refractivity contribution in [3.05, 3.63) is 34.7 Å². The van der Waals surface area contributed by atoms with E-state index in [1.54, 1.807) is 11.3 Å². The predicted octanol–water partition coefficient (Wildman–Crippen LogP) is 2.95. The first kappa shape index (κ1) is 9.21. The Morgan fingerprint density at radius 1 is 1.29 bits per heavy atom. The summed E-state index contributed by atoms with van der Waals surface area (Å²) >= 11 is 1.71. The van der Waals surface area contributed by atoms with Crippen molar-refractivity contribution >= 4 is 17.0 Å². The molecule has 0 fully saturated rings. The van der Waals surface area contributed by atoms with Crippen LogP contribution in [0.1, 0.15) is 11.9 Å². The second-order valence-electron chi connectivity index (χ2n) is 3.10. The van der Waals surface area contributed by atoms with Gasteiger partial charge < -0.3 is 5.73 Å². The molecule has 0 amide bonds. The minimum Gasteiger partial charge on any atom is -0.399 e. The molecular formula is C11H12N2S. The van der Waals surface area contributed by atoms with Crippen LogP contribution in [0.15, 0.2) is 29.6 Å². The number of aryl methyl sites for hydroxylation is 1. The molecule has 0 aliphatic heterocycles. The second-order valence-corrected chi connectivity index (χ2v) is 4.04. The van der Waals surface area contributed by atoms with E-state index >= 15 is 0 Å². The molecule has 2 nitrogen and oxygen atoms in total. The first-order chi connectivity index (χ1) is 6.79. The van der Waals surface area contributed by atoms with Gasteiger partial charge in [0.05, 0.1) is 10.7 Å². The lowest BCUT2D eigenvalue weighted by molar-refractivity contribution is 1.10. The summed E-state index contributed by atoms with van der Waals surface area (Å²) in [6.45, 7) is 2.12. The molecule has 1 aromatic heterocycles. The minimum absolute atomic E-state index is 0.791. The molecule has 0 radical (unpaired) electrons. The zero-order valence-corrected chi connectivity index (χ0v) is 8.84.